The van der Waals surface area contributed by atoms with E-state index in [0.717, 1.165) is 10.1 Å². The fraction of sp³-hybridized carbons (Fsp3) is 0.333. The maximum absolute atomic E-state index is 12.1. The maximum atomic E-state index is 12.1. The highest BCUT2D eigenvalue weighted by atomic mass is 32.1. The Morgan fingerprint density at radius 2 is 2.08 bits per heavy atom. The van der Waals surface area contributed by atoms with Crippen LogP contribution in [0.1, 0.15) is 21.1 Å². The molecule has 126 valence electrons. The normalized spacial score (nSPS) is 11.1. The fourth-order valence-electron chi connectivity index (χ4n) is 2.47. The van der Waals surface area contributed by atoms with Crippen LogP contribution in [0.2, 0.25) is 0 Å². The SMILES string of the molecule is Cc1ccsc1C(=O)NCCc1nc2c([nH]1)c(=O)n(C)c(=O)n2C. The number of aromatic amines is 1. The molecule has 0 unspecified atom stereocenters. The number of H-pyrrole nitrogens is 1. The number of carbonyl (C=O) groups excluding carboxylic acids is 1. The lowest BCUT2D eigenvalue weighted by atomic mass is 10.3. The van der Waals surface area contributed by atoms with Crippen molar-refractivity contribution in [1.82, 2.24) is 24.4 Å². The van der Waals surface area contributed by atoms with Gasteiger partial charge in [-0.3, -0.25) is 18.7 Å². The van der Waals surface area contributed by atoms with Crippen molar-refractivity contribution in [2.24, 2.45) is 14.1 Å². The Balaban J connectivity index is 1.77. The van der Waals surface area contributed by atoms with Crippen LogP contribution in [0.15, 0.2) is 21.0 Å². The van der Waals surface area contributed by atoms with E-state index in [1.165, 1.54) is 23.0 Å². The molecule has 0 fully saturated rings. The average molecular weight is 347 g/mol. The molecule has 1 amide bonds. The van der Waals surface area contributed by atoms with Crippen molar-refractivity contribution in [1.29, 1.82) is 0 Å². The highest BCUT2D eigenvalue weighted by Gasteiger charge is 2.14. The number of aryl methyl sites for hydroxylation is 2. The summed E-state index contributed by atoms with van der Waals surface area (Å²) in [4.78, 5) is 44.0. The summed E-state index contributed by atoms with van der Waals surface area (Å²) in [7, 11) is 2.99. The van der Waals surface area contributed by atoms with Crippen LogP contribution < -0.4 is 16.6 Å². The van der Waals surface area contributed by atoms with Gasteiger partial charge in [0.05, 0.1) is 4.88 Å². The summed E-state index contributed by atoms with van der Waals surface area (Å²) in [6, 6.07) is 1.90. The van der Waals surface area contributed by atoms with Crippen molar-refractivity contribution in [3.63, 3.8) is 0 Å². The number of fused-ring (bicyclic) bond motifs is 1. The Morgan fingerprint density at radius 3 is 2.75 bits per heavy atom. The van der Waals surface area contributed by atoms with Crippen LogP contribution >= 0.6 is 11.3 Å². The zero-order valence-electron chi connectivity index (χ0n) is 13.5. The number of hydrogen-bond donors (Lipinski definition) is 2. The van der Waals surface area contributed by atoms with E-state index < -0.39 is 11.2 Å². The first-order chi connectivity index (χ1) is 11.4. The lowest BCUT2D eigenvalue weighted by Crippen LogP contribution is -2.36. The van der Waals surface area contributed by atoms with Gasteiger partial charge in [0, 0.05) is 27.1 Å². The van der Waals surface area contributed by atoms with Gasteiger partial charge in [0.25, 0.3) is 11.5 Å². The number of nitrogens with one attached hydrogen (secondary N) is 2. The minimum atomic E-state index is -0.424. The third-order valence-electron chi connectivity index (χ3n) is 3.86. The topological polar surface area (TPSA) is 102 Å². The summed E-state index contributed by atoms with van der Waals surface area (Å²) in [5.41, 5.74) is 0.713. The first kappa shape index (κ1) is 16.2. The van der Waals surface area contributed by atoms with E-state index in [0.29, 0.717) is 29.3 Å². The van der Waals surface area contributed by atoms with E-state index >= 15 is 0 Å². The Hall–Kier alpha value is -2.68. The van der Waals surface area contributed by atoms with E-state index in [9.17, 15) is 14.4 Å². The van der Waals surface area contributed by atoms with Crippen molar-refractivity contribution >= 4 is 28.4 Å². The minimum absolute atomic E-state index is 0.123. The van der Waals surface area contributed by atoms with Crippen LogP contribution in [0.25, 0.3) is 11.2 Å². The van der Waals surface area contributed by atoms with Crippen molar-refractivity contribution in [2.45, 2.75) is 13.3 Å². The molecular formula is C15H17N5O3S. The van der Waals surface area contributed by atoms with Gasteiger partial charge in [0.15, 0.2) is 5.65 Å². The second-order valence-corrected chi connectivity index (χ2v) is 6.44. The molecule has 0 saturated carbocycles. The monoisotopic (exact) mass is 347 g/mol. The Bertz CT molecular complexity index is 1040. The highest BCUT2D eigenvalue weighted by molar-refractivity contribution is 7.12. The number of thiophene rings is 1. The van der Waals surface area contributed by atoms with Gasteiger partial charge in [0.2, 0.25) is 0 Å². The van der Waals surface area contributed by atoms with Crippen LogP contribution in [0.5, 0.6) is 0 Å². The molecule has 0 aliphatic carbocycles. The van der Waals surface area contributed by atoms with Crippen LogP contribution in [0.3, 0.4) is 0 Å². The molecule has 2 N–H and O–H groups in total. The molecule has 0 bridgehead atoms. The second-order valence-electron chi connectivity index (χ2n) is 5.53. The van der Waals surface area contributed by atoms with Crippen molar-refractivity contribution in [3.05, 3.63) is 48.5 Å². The maximum Gasteiger partial charge on any atom is 0.332 e. The average Bonchev–Trinajstić information content (AvgIpc) is 3.17. The van der Waals surface area contributed by atoms with Crippen LogP contribution in [-0.2, 0) is 20.5 Å². The summed E-state index contributed by atoms with van der Waals surface area (Å²) < 4.78 is 2.36. The van der Waals surface area contributed by atoms with E-state index in [-0.39, 0.29) is 11.4 Å². The molecule has 9 heteroatoms. The Kier molecular flexibility index (Phi) is 4.10. The molecule has 3 aromatic rings. The quantitative estimate of drug-likeness (QED) is 0.709. The van der Waals surface area contributed by atoms with Gasteiger partial charge in [-0.2, -0.15) is 0 Å². The van der Waals surface area contributed by atoms with E-state index in [4.69, 9.17) is 0 Å². The molecule has 0 saturated heterocycles. The van der Waals surface area contributed by atoms with Gasteiger partial charge in [-0.05, 0) is 23.9 Å². The summed E-state index contributed by atoms with van der Waals surface area (Å²) in [6.07, 6.45) is 0.433. The van der Waals surface area contributed by atoms with Crippen LogP contribution in [0, 0.1) is 6.92 Å². The predicted octanol–water partition coefficient (Wildman–Crippen LogP) is 0.303. The van der Waals surface area contributed by atoms with Gasteiger partial charge in [-0.1, -0.05) is 0 Å². The molecule has 0 aliphatic rings. The third-order valence-corrected chi connectivity index (χ3v) is 4.87. The molecule has 0 radical (unpaired) electrons. The number of amides is 1. The number of nitrogens with zero attached hydrogens (tertiary/aromatic N) is 3. The molecule has 0 aromatic carbocycles. The first-order valence-corrected chi connectivity index (χ1v) is 8.25. The first-order valence-electron chi connectivity index (χ1n) is 7.37. The van der Waals surface area contributed by atoms with Crippen LogP contribution in [0.4, 0.5) is 0 Å². The molecule has 0 atom stereocenters. The molecule has 0 spiro atoms. The lowest BCUT2D eigenvalue weighted by molar-refractivity contribution is 0.0957. The van der Waals surface area contributed by atoms with Crippen molar-refractivity contribution in [3.8, 4) is 0 Å². The molecule has 3 aromatic heterocycles. The Labute approximate surface area is 140 Å². The van der Waals surface area contributed by atoms with Gasteiger partial charge >= 0.3 is 5.69 Å². The summed E-state index contributed by atoms with van der Waals surface area (Å²) >= 11 is 1.40. The van der Waals surface area contributed by atoms with E-state index in [1.807, 2.05) is 18.4 Å². The van der Waals surface area contributed by atoms with Gasteiger partial charge in [0.1, 0.15) is 11.3 Å². The molecule has 3 rings (SSSR count). The molecule has 8 nitrogen and oxygen atoms in total. The predicted molar refractivity (Wildman–Crippen MR) is 91.7 cm³/mol. The zero-order valence-corrected chi connectivity index (χ0v) is 14.4. The molecular weight excluding hydrogens is 330 g/mol. The van der Waals surface area contributed by atoms with Gasteiger partial charge < -0.3 is 10.3 Å². The highest BCUT2D eigenvalue weighted by Crippen LogP contribution is 2.14. The molecule has 3 heterocycles. The van der Waals surface area contributed by atoms with E-state index in [2.05, 4.69) is 15.3 Å². The van der Waals surface area contributed by atoms with E-state index in [1.54, 1.807) is 7.05 Å². The van der Waals surface area contributed by atoms with Crippen molar-refractivity contribution in [2.75, 3.05) is 6.54 Å². The smallest absolute Gasteiger partial charge is 0.332 e. The number of rotatable bonds is 4. The summed E-state index contributed by atoms with van der Waals surface area (Å²) in [6.45, 7) is 2.27. The summed E-state index contributed by atoms with van der Waals surface area (Å²) in [5, 5.41) is 4.71. The molecule has 24 heavy (non-hydrogen) atoms. The fourth-order valence-corrected chi connectivity index (χ4v) is 3.31. The number of imidazole rings is 1. The van der Waals surface area contributed by atoms with Crippen LogP contribution in [-0.4, -0.2) is 31.6 Å². The molecule has 0 aliphatic heterocycles. The number of aromatic nitrogens is 4. The standard InChI is InChI=1S/C15H17N5O3S/c1-8-5-7-24-11(8)13(21)16-6-4-9-17-10-12(18-9)19(2)15(23)20(3)14(10)22/h5,7H,4,6H2,1-3H3,(H,16,21)(H,17,18). The number of carbonyl (C=O) groups is 1. The van der Waals surface area contributed by atoms with Crippen molar-refractivity contribution < 1.29 is 4.79 Å². The largest absolute Gasteiger partial charge is 0.351 e. The minimum Gasteiger partial charge on any atom is -0.351 e. The Morgan fingerprint density at radius 1 is 1.33 bits per heavy atom. The summed E-state index contributed by atoms with van der Waals surface area (Å²) in [5.74, 6) is 0.424. The lowest BCUT2D eigenvalue weighted by Gasteiger charge is -2.02. The third kappa shape index (κ3) is 2.67. The number of hydrogen-bond acceptors (Lipinski definition) is 5. The second kappa shape index (κ2) is 6.08. The zero-order chi connectivity index (χ0) is 17.4. The van der Waals surface area contributed by atoms with Gasteiger partial charge in [-0.25, -0.2) is 9.78 Å². The van der Waals surface area contributed by atoms with Gasteiger partial charge in [-0.15, -0.1) is 11.3 Å².